The number of carbonyl (C=O) groups is 2. The van der Waals surface area contributed by atoms with Gasteiger partial charge in [-0.2, -0.15) is 0 Å². The molecule has 0 bridgehead atoms. The van der Waals surface area contributed by atoms with Crippen LogP contribution in [-0.4, -0.2) is 38.2 Å². The van der Waals surface area contributed by atoms with Crippen LogP contribution in [0.1, 0.15) is 41.5 Å². The zero-order valence-corrected chi connectivity index (χ0v) is 17.7. The average Bonchev–Trinajstić information content (AvgIpc) is 2.68. The van der Waals surface area contributed by atoms with Crippen molar-refractivity contribution in [3.05, 3.63) is 52.0 Å². The molecule has 0 amide bonds. The molecule has 0 radical (unpaired) electrons. The lowest BCUT2D eigenvalue weighted by Gasteiger charge is -2.16. The van der Waals surface area contributed by atoms with Gasteiger partial charge in [-0.1, -0.05) is 28.1 Å². The highest BCUT2D eigenvalue weighted by Crippen LogP contribution is 2.39. The summed E-state index contributed by atoms with van der Waals surface area (Å²) in [6.07, 6.45) is 0. The fourth-order valence-electron chi connectivity index (χ4n) is 2.47. The second-order valence-corrected chi connectivity index (χ2v) is 6.53. The Bertz CT molecular complexity index is 806. The summed E-state index contributed by atoms with van der Waals surface area (Å²) in [7, 11) is 0. The number of halogens is 1. The largest absolute Gasteiger partial charge is 0.490 e. The number of rotatable bonds is 10. The Hall–Kier alpha value is -2.54. The summed E-state index contributed by atoms with van der Waals surface area (Å²) in [4.78, 5) is 24.7. The van der Waals surface area contributed by atoms with Gasteiger partial charge in [-0.3, -0.25) is 4.79 Å². The van der Waals surface area contributed by atoms with E-state index in [0.29, 0.717) is 42.6 Å². The van der Waals surface area contributed by atoms with E-state index in [0.717, 1.165) is 4.47 Å². The molecule has 0 aliphatic carbocycles. The lowest BCUT2D eigenvalue weighted by Crippen LogP contribution is -2.15. The van der Waals surface area contributed by atoms with Gasteiger partial charge in [-0.15, -0.1) is 0 Å². The van der Waals surface area contributed by atoms with Gasteiger partial charge in [0, 0.05) is 10.0 Å². The first-order valence-electron chi connectivity index (χ1n) is 9.02. The van der Waals surface area contributed by atoms with E-state index in [4.69, 9.17) is 18.9 Å². The predicted molar refractivity (Wildman–Crippen MR) is 109 cm³/mol. The molecule has 2 aromatic rings. The van der Waals surface area contributed by atoms with Gasteiger partial charge in [-0.25, -0.2) is 4.79 Å². The second kappa shape index (κ2) is 10.7. The van der Waals surface area contributed by atoms with Crippen LogP contribution >= 0.6 is 15.9 Å². The fraction of sp³-hybridized carbons (Fsp3) is 0.333. The predicted octanol–water partition coefficient (Wildman–Crippen LogP) is 4.68. The van der Waals surface area contributed by atoms with Crippen LogP contribution in [0.4, 0.5) is 0 Å². The van der Waals surface area contributed by atoms with E-state index in [-0.39, 0.29) is 18.0 Å². The third-order valence-corrected chi connectivity index (χ3v) is 4.12. The van der Waals surface area contributed by atoms with Crippen molar-refractivity contribution in [2.45, 2.75) is 20.8 Å². The van der Waals surface area contributed by atoms with Crippen LogP contribution < -0.4 is 14.2 Å². The molecule has 0 aromatic heterocycles. The van der Waals surface area contributed by atoms with Crippen LogP contribution in [0, 0.1) is 0 Å². The topological polar surface area (TPSA) is 71.1 Å². The van der Waals surface area contributed by atoms with Crippen molar-refractivity contribution in [1.29, 1.82) is 0 Å². The number of ketones is 1. The highest BCUT2D eigenvalue weighted by atomic mass is 79.9. The van der Waals surface area contributed by atoms with Gasteiger partial charge in [0.15, 0.2) is 23.9 Å². The van der Waals surface area contributed by atoms with Gasteiger partial charge in [0.1, 0.15) is 0 Å². The zero-order valence-electron chi connectivity index (χ0n) is 16.1. The minimum Gasteiger partial charge on any atom is -0.490 e. The first-order chi connectivity index (χ1) is 13.5. The van der Waals surface area contributed by atoms with Crippen LogP contribution in [0.5, 0.6) is 17.2 Å². The van der Waals surface area contributed by atoms with E-state index in [1.165, 1.54) is 12.1 Å². The first-order valence-corrected chi connectivity index (χ1v) is 9.81. The normalized spacial score (nSPS) is 10.3. The van der Waals surface area contributed by atoms with Gasteiger partial charge in [0.25, 0.3) is 0 Å². The Morgan fingerprint density at radius 3 is 2.00 bits per heavy atom. The molecule has 0 fully saturated rings. The average molecular weight is 451 g/mol. The molecule has 0 unspecified atom stereocenters. The molecule has 0 aliphatic heterocycles. The molecule has 0 aliphatic rings. The Labute approximate surface area is 172 Å². The molecule has 0 spiro atoms. The van der Waals surface area contributed by atoms with Crippen molar-refractivity contribution in [3.8, 4) is 17.2 Å². The molecular weight excluding hydrogens is 428 g/mol. The molecule has 0 heterocycles. The van der Waals surface area contributed by atoms with Gasteiger partial charge in [0.2, 0.25) is 5.75 Å². The molecule has 28 heavy (non-hydrogen) atoms. The Kier molecular flexibility index (Phi) is 8.32. The number of hydrogen-bond acceptors (Lipinski definition) is 6. The monoisotopic (exact) mass is 450 g/mol. The van der Waals surface area contributed by atoms with Crippen LogP contribution in [-0.2, 0) is 4.74 Å². The number of Topliss-reactive ketones (excluding diaryl/α,β-unsaturated/α-hetero) is 1. The maximum Gasteiger partial charge on any atom is 0.338 e. The fourth-order valence-corrected chi connectivity index (χ4v) is 2.87. The van der Waals surface area contributed by atoms with Gasteiger partial charge in [-0.05, 0) is 45.0 Å². The summed E-state index contributed by atoms with van der Waals surface area (Å²) >= 11 is 3.31. The molecule has 7 heteroatoms. The van der Waals surface area contributed by atoms with E-state index in [1.807, 2.05) is 26.8 Å². The minimum absolute atomic E-state index is 0.220. The second-order valence-electron chi connectivity index (χ2n) is 5.61. The Balaban J connectivity index is 2.20. The molecule has 2 rings (SSSR count). The molecule has 150 valence electrons. The number of carbonyl (C=O) groups excluding carboxylic acids is 2. The van der Waals surface area contributed by atoms with Gasteiger partial charge in [0.05, 0.1) is 25.4 Å². The van der Waals surface area contributed by atoms with Crippen molar-refractivity contribution < 1.29 is 28.5 Å². The van der Waals surface area contributed by atoms with Crippen molar-refractivity contribution >= 4 is 27.7 Å². The number of benzene rings is 2. The van der Waals surface area contributed by atoms with Crippen LogP contribution in [0.3, 0.4) is 0 Å². The van der Waals surface area contributed by atoms with E-state index in [9.17, 15) is 9.59 Å². The summed E-state index contributed by atoms with van der Waals surface area (Å²) in [5.41, 5.74) is 0.677. The number of esters is 1. The maximum atomic E-state index is 12.5. The quantitative estimate of drug-likeness (QED) is 0.386. The SMILES string of the molecule is CCOc1cc(C(=O)OCC(=O)c2cccc(Br)c2)cc(OCC)c1OCC. The third kappa shape index (κ3) is 5.73. The summed E-state index contributed by atoms with van der Waals surface area (Å²) in [6, 6.07) is 9.96. The van der Waals surface area contributed by atoms with Crippen molar-refractivity contribution in [3.63, 3.8) is 0 Å². The third-order valence-electron chi connectivity index (χ3n) is 3.63. The molecule has 0 saturated heterocycles. The van der Waals surface area contributed by atoms with Crippen molar-refractivity contribution in [2.24, 2.45) is 0 Å². The van der Waals surface area contributed by atoms with Gasteiger partial charge >= 0.3 is 5.97 Å². The summed E-state index contributed by atoms with van der Waals surface area (Å²) in [5, 5.41) is 0. The van der Waals surface area contributed by atoms with E-state index < -0.39 is 5.97 Å². The zero-order chi connectivity index (χ0) is 20.5. The van der Waals surface area contributed by atoms with Crippen LogP contribution in [0.2, 0.25) is 0 Å². The molecule has 0 atom stereocenters. The maximum absolute atomic E-state index is 12.5. The summed E-state index contributed by atoms with van der Waals surface area (Å²) < 4.78 is 22.8. The number of hydrogen-bond donors (Lipinski definition) is 0. The molecule has 6 nitrogen and oxygen atoms in total. The first kappa shape index (κ1) is 21.8. The Morgan fingerprint density at radius 1 is 0.857 bits per heavy atom. The molecular formula is C21H23BrO6. The van der Waals surface area contributed by atoms with E-state index in [1.54, 1.807) is 18.2 Å². The van der Waals surface area contributed by atoms with Gasteiger partial charge < -0.3 is 18.9 Å². The molecule has 0 N–H and O–H groups in total. The van der Waals surface area contributed by atoms with E-state index >= 15 is 0 Å². The number of ether oxygens (including phenoxy) is 4. The van der Waals surface area contributed by atoms with Crippen LogP contribution in [0.25, 0.3) is 0 Å². The highest BCUT2D eigenvalue weighted by molar-refractivity contribution is 9.10. The molecule has 2 aromatic carbocycles. The summed E-state index contributed by atoms with van der Waals surface area (Å²) in [5.74, 6) is 0.276. The molecule has 0 saturated carbocycles. The standard InChI is InChI=1S/C21H23BrO6/c1-4-25-18-11-15(12-19(26-5-2)20(18)27-6-3)21(24)28-13-17(23)14-8-7-9-16(22)10-14/h7-12H,4-6,13H2,1-3H3. The highest BCUT2D eigenvalue weighted by Gasteiger charge is 2.20. The smallest absolute Gasteiger partial charge is 0.338 e. The van der Waals surface area contributed by atoms with E-state index in [2.05, 4.69) is 15.9 Å². The lowest BCUT2D eigenvalue weighted by molar-refractivity contribution is 0.0474. The minimum atomic E-state index is -0.645. The lowest BCUT2D eigenvalue weighted by atomic mass is 10.1. The van der Waals surface area contributed by atoms with Crippen molar-refractivity contribution in [1.82, 2.24) is 0 Å². The summed E-state index contributed by atoms with van der Waals surface area (Å²) in [6.45, 7) is 6.36. The van der Waals surface area contributed by atoms with Crippen molar-refractivity contribution in [2.75, 3.05) is 26.4 Å². The Morgan fingerprint density at radius 2 is 1.46 bits per heavy atom. The van der Waals surface area contributed by atoms with Crippen LogP contribution in [0.15, 0.2) is 40.9 Å².